The summed E-state index contributed by atoms with van der Waals surface area (Å²) >= 11 is 1.43. The number of piperidine rings is 1. The summed E-state index contributed by atoms with van der Waals surface area (Å²) in [5, 5.41) is 6.85. The van der Waals surface area contributed by atoms with Crippen LogP contribution in [0.3, 0.4) is 0 Å². The van der Waals surface area contributed by atoms with Crippen LogP contribution in [-0.4, -0.2) is 37.0 Å². The van der Waals surface area contributed by atoms with E-state index in [1.54, 1.807) is 28.7 Å². The second-order valence-electron chi connectivity index (χ2n) is 9.53. The van der Waals surface area contributed by atoms with Gasteiger partial charge in [-0.05, 0) is 47.4 Å². The van der Waals surface area contributed by atoms with E-state index in [-0.39, 0.29) is 0 Å². The minimum atomic E-state index is -3.54. The zero-order valence-corrected chi connectivity index (χ0v) is 21.7. The standard InChI is InChI=1S/C26H32N4O2S2/c1-18(2)22-10-8-21(9-11-22)14-27-29-26-28-25(17-33-26)23-6-5-7-24(13-23)34(31,32)30-15-19(3)12-20(4)16-30/h5-11,13-14,17-20H,12,15-16H2,1-4H3,(H,28,29)/b27-14+. The number of hydrazone groups is 1. The summed E-state index contributed by atoms with van der Waals surface area (Å²) in [5.74, 6) is 1.23. The van der Waals surface area contributed by atoms with Crippen molar-refractivity contribution < 1.29 is 8.42 Å². The number of hydrogen-bond donors (Lipinski definition) is 1. The fourth-order valence-corrected chi connectivity index (χ4v) is 6.75. The Morgan fingerprint density at radius 1 is 1.12 bits per heavy atom. The number of thiazole rings is 1. The van der Waals surface area contributed by atoms with E-state index in [1.807, 2.05) is 23.6 Å². The largest absolute Gasteiger partial charge is 0.253 e. The topological polar surface area (TPSA) is 74.7 Å². The molecule has 0 spiro atoms. The van der Waals surface area contributed by atoms with Crippen molar-refractivity contribution in [3.63, 3.8) is 0 Å². The van der Waals surface area contributed by atoms with E-state index in [9.17, 15) is 8.42 Å². The summed E-state index contributed by atoms with van der Waals surface area (Å²) in [4.78, 5) is 4.91. The van der Waals surface area contributed by atoms with Crippen molar-refractivity contribution >= 4 is 32.7 Å². The molecule has 4 rings (SSSR count). The molecule has 180 valence electrons. The van der Waals surface area contributed by atoms with Crippen LogP contribution >= 0.6 is 11.3 Å². The lowest BCUT2D eigenvalue weighted by Gasteiger charge is -2.34. The highest BCUT2D eigenvalue weighted by Gasteiger charge is 2.31. The Balaban J connectivity index is 1.46. The zero-order chi connectivity index (χ0) is 24.3. The van der Waals surface area contributed by atoms with E-state index in [2.05, 4.69) is 55.3 Å². The van der Waals surface area contributed by atoms with Crippen LogP contribution in [-0.2, 0) is 10.0 Å². The average Bonchev–Trinajstić information content (AvgIpc) is 3.28. The van der Waals surface area contributed by atoms with Crippen LogP contribution in [0.15, 0.2) is 63.9 Å². The second kappa shape index (κ2) is 10.4. The van der Waals surface area contributed by atoms with Crippen molar-refractivity contribution in [1.82, 2.24) is 9.29 Å². The Bertz CT molecular complexity index is 1240. The minimum Gasteiger partial charge on any atom is -0.253 e. The van der Waals surface area contributed by atoms with Crippen molar-refractivity contribution in [3.8, 4) is 11.3 Å². The lowest BCUT2D eigenvalue weighted by atomic mass is 9.94. The van der Waals surface area contributed by atoms with E-state index in [0.29, 0.717) is 40.9 Å². The minimum absolute atomic E-state index is 0.316. The molecule has 2 aromatic carbocycles. The van der Waals surface area contributed by atoms with Crippen LogP contribution in [0.2, 0.25) is 0 Å². The van der Waals surface area contributed by atoms with E-state index in [0.717, 1.165) is 23.2 Å². The molecule has 0 amide bonds. The first-order chi connectivity index (χ1) is 16.2. The number of rotatable bonds is 7. The molecule has 0 bridgehead atoms. The van der Waals surface area contributed by atoms with Gasteiger partial charge in [0.25, 0.3) is 0 Å². The van der Waals surface area contributed by atoms with Crippen LogP contribution < -0.4 is 5.43 Å². The zero-order valence-electron chi connectivity index (χ0n) is 20.1. The number of benzene rings is 2. The van der Waals surface area contributed by atoms with Crippen LogP contribution in [0.5, 0.6) is 0 Å². The Kier molecular flexibility index (Phi) is 7.50. The van der Waals surface area contributed by atoms with Crippen molar-refractivity contribution in [1.29, 1.82) is 0 Å². The third kappa shape index (κ3) is 5.74. The molecule has 1 N–H and O–H groups in total. The van der Waals surface area contributed by atoms with E-state index in [4.69, 9.17) is 0 Å². The third-order valence-corrected chi connectivity index (χ3v) is 8.66. The highest BCUT2D eigenvalue weighted by Crippen LogP contribution is 2.30. The van der Waals surface area contributed by atoms with Gasteiger partial charge in [-0.15, -0.1) is 11.3 Å². The average molecular weight is 497 g/mol. The first kappa shape index (κ1) is 24.6. The third-order valence-electron chi connectivity index (χ3n) is 6.08. The molecular formula is C26H32N4O2S2. The van der Waals surface area contributed by atoms with Gasteiger partial charge in [0.2, 0.25) is 15.2 Å². The van der Waals surface area contributed by atoms with E-state index in [1.165, 1.54) is 16.9 Å². The normalized spacial score (nSPS) is 19.7. The Labute approximate surface area is 206 Å². The molecule has 1 aliphatic rings. The quantitative estimate of drug-likeness (QED) is 0.319. The summed E-state index contributed by atoms with van der Waals surface area (Å²) < 4.78 is 28.2. The van der Waals surface area contributed by atoms with Gasteiger partial charge in [-0.2, -0.15) is 9.41 Å². The highest BCUT2D eigenvalue weighted by molar-refractivity contribution is 7.89. The maximum absolute atomic E-state index is 13.3. The van der Waals surface area contributed by atoms with Crippen LogP contribution in [0, 0.1) is 11.8 Å². The van der Waals surface area contributed by atoms with Gasteiger partial charge in [0.1, 0.15) is 0 Å². The highest BCUT2D eigenvalue weighted by atomic mass is 32.2. The number of anilines is 1. The lowest BCUT2D eigenvalue weighted by molar-refractivity contribution is 0.222. The van der Waals surface area contributed by atoms with Crippen LogP contribution in [0.4, 0.5) is 5.13 Å². The number of sulfonamides is 1. The number of aromatic nitrogens is 1. The molecule has 8 heteroatoms. The summed E-state index contributed by atoms with van der Waals surface area (Å²) in [6.45, 7) is 9.71. The van der Waals surface area contributed by atoms with E-state index >= 15 is 0 Å². The van der Waals surface area contributed by atoms with Crippen molar-refractivity contribution in [2.24, 2.45) is 16.9 Å². The number of hydrogen-bond acceptors (Lipinski definition) is 6. The van der Waals surface area contributed by atoms with Gasteiger partial charge in [-0.1, -0.05) is 64.1 Å². The molecule has 0 aliphatic carbocycles. The molecule has 2 unspecified atom stereocenters. The fourth-order valence-electron chi connectivity index (χ4n) is 4.35. The fraction of sp³-hybridized carbons (Fsp3) is 0.385. The Morgan fingerprint density at radius 2 is 1.82 bits per heavy atom. The maximum atomic E-state index is 13.3. The molecule has 1 aliphatic heterocycles. The molecular weight excluding hydrogens is 464 g/mol. The molecule has 0 saturated carbocycles. The first-order valence-corrected chi connectivity index (χ1v) is 14.0. The Morgan fingerprint density at radius 3 is 2.50 bits per heavy atom. The molecule has 3 aromatic rings. The predicted molar refractivity (Wildman–Crippen MR) is 141 cm³/mol. The Hall–Kier alpha value is -2.55. The monoisotopic (exact) mass is 496 g/mol. The smallest absolute Gasteiger partial charge is 0.243 e. The first-order valence-electron chi connectivity index (χ1n) is 11.7. The van der Waals surface area contributed by atoms with E-state index < -0.39 is 10.0 Å². The van der Waals surface area contributed by atoms with Crippen molar-refractivity contribution in [3.05, 3.63) is 65.0 Å². The summed E-state index contributed by atoms with van der Waals surface area (Å²) in [5.41, 5.74) is 6.78. The van der Waals surface area contributed by atoms with Gasteiger partial charge in [-0.25, -0.2) is 13.4 Å². The van der Waals surface area contributed by atoms with Gasteiger partial charge in [0.15, 0.2) is 0 Å². The predicted octanol–water partition coefficient (Wildman–Crippen LogP) is 6.05. The number of nitrogens with one attached hydrogen (secondary N) is 1. The summed E-state index contributed by atoms with van der Waals surface area (Å²) in [6.07, 6.45) is 2.82. The molecule has 2 heterocycles. The van der Waals surface area contributed by atoms with Gasteiger partial charge in [-0.3, -0.25) is 5.43 Å². The summed E-state index contributed by atoms with van der Waals surface area (Å²) in [6, 6.07) is 15.4. The molecule has 2 atom stereocenters. The SMILES string of the molecule is CC1CC(C)CN(S(=O)(=O)c2cccc(-c3csc(N/N=C/c4ccc(C(C)C)cc4)n3)c2)C1. The second-order valence-corrected chi connectivity index (χ2v) is 12.3. The van der Waals surface area contributed by atoms with Gasteiger partial charge in [0.05, 0.1) is 16.8 Å². The lowest BCUT2D eigenvalue weighted by Crippen LogP contribution is -2.42. The molecule has 1 saturated heterocycles. The van der Waals surface area contributed by atoms with Gasteiger partial charge < -0.3 is 0 Å². The maximum Gasteiger partial charge on any atom is 0.243 e. The van der Waals surface area contributed by atoms with Crippen molar-refractivity contribution in [2.75, 3.05) is 18.5 Å². The molecule has 1 aromatic heterocycles. The molecule has 1 fully saturated rings. The summed E-state index contributed by atoms with van der Waals surface area (Å²) in [7, 11) is -3.54. The number of nitrogens with zero attached hydrogens (tertiary/aromatic N) is 3. The van der Waals surface area contributed by atoms with Crippen LogP contribution in [0.25, 0.3) is 11.3 Å². The van der Waals surface area contributed by atoms with Gasteiger partial charge >= 0.3 is 0 Å². The van der Waals surface area contributed by atoms with Gasteiger partial charge in [0, 0.05) is 24.0 Å². The van der Waals surface area contributed by atoms with Crippen LogP contribution in [0.1, 0.15) is 51.2 Å². The molecule has 0 radical (unpaired) electrons. The molecule has 6 nitrogen and oxygen atoms in total. The van der Waals surface area contributed by atoms with Crippen molar-refractivity contribution in [2.45, 2.75) is 44.9 Å². The molecule has 34 heavy (non-hydrogen) atoms.